The van der Waals surface area contributed by atoms with E-state index in [-0.39, 0.29) is 18.9 Å². The van der Waals surface area contributed by atoms with Crippen LogP contribution in [0.5, 0.6) is 11.5 Å². The van der Waals surface area contributed by atoms with Crippen molar-refractivity contribution >= 4 is 11.9 Å². The molecule has 1 aromatic rings. The van der Waals surface area contributed by atoms with E-state index in [1.165, 1.54) is 4.90 Å². The molecule has 1 amide bonds. The number of benzene rings is 1. The summed E-state index contributed by atoms with van der Waals surface area (Å²) in [7, 11) is 1.56. The van der Waals surface area contributed by atoms with Crippen LogP contribution in [0.4, 0.5) is 0 Å². The van der Waals surface area contributed by atoms with Crippen molar-refractivity contribution in [2.75, 3.05) is 26.8 Å². The summed E-state index contributed by atoms with van der Waals surface area (Å²) in [5.41, 5.74) is 0. The average Bonchev–Trinajstić information content (AvgIpc) is 2.81. The highest BCUT2D eigenvalue weighted by Crippen LogP contribution is 2.26. The summed E-state index contributed by atoms with van der Waals surface area (Å²) in [5.74, 6) is -0.429. The van der Waals surface area contributed by atoms with Gasteiger partial charge in [0.2, 0.25) is 5.91 Å². The van der Waals surface area contributed by atoms with Gasteiger partial charge in [-0.05, 0) is 12.1 Å². The number of hydrogen-bond acceptors (Lipinski definition) is 4. The Bertz CT molecular complexity index is 502. The van der Waals surface area contributed by atoms with Crippen molar-refractivity contribution in [2.24, 2.45) is 5.92 Å². The van der Waals surface area contributed by atoms with Crippen molar-refractivity contribution in [1.29, 1.82) is 0 Å². The van der Waals surface area contributed by atoms with Crippen LogP contribution in [-0.4, -0.2) is 48.7 Å². The number of ether oxygens (including phenoxy) is 2. The van der Waals surface area contributed by atoms with Crippen LogP contribution in [0.3, 0.4) is 0 Å². The average molecular weight is 279 g/mol. The van der Waals surface area contributed by atoms with E-state index in [9.17, 15) is 9.59 Å². The van der Waals surface area contributed by atoms with E-state index < -0.39 is 11.9 Å². The van der Waals surface area contributed by atoms with Gasteiger partial charge in [-0.1, -0.05) is 12.1 Å². The molecule has 0 unspecified atom stereocenters. The number of amides is 1. The number of methoxy groups -OCH3 is 1. The number of aliphatic carboxylic acids is 1. The van der Waals surface area contributed by atoms with E-state index in [4.69, 9.17) is 14.6 Å². The third-order valence-corrected chi connectivity index (χ3v) is 3.25. The largest absolute Gasteiger partial charge is 0.493 e. The van der Waals surface area contributed by atoms with Crippen molar-refractivity contribution in [3.63, 3.8) is 0 Å². The molecule has 1 aliphatic rings. The minimum absolute atomic E-state index is 0.0734. The second kappa shape index (κ2) is 6.27. The Hall–Kier alpha value is -2.24. The van der Waals surface area contributed by atoms with Gasteiger partial charge >= 0.3 is 5.97 Å². The predicted octanol–water partition coefficient (Wildman–Crippen LogP) is 1.01. The van der Waals surface area contributed by atoms with Crippen LogP contribution in [0.25, 0.3) is 0 Å². The molecule has 0 spiro atoms. The van der Waals surface area contributed by atoms with Gasteiger partial charge in [0, 0.05) is 13.0 Å². The maximum absolute atomic E-state index is 11.6. The second-order valence-electron chi connectivity index (χ2n) is 4.58. The molecule has 6 heteroatoms. The van der Waals surface area contributed by atoms with E-state index in [0.29, 0.717) is 24.7 Å². The number of nitrogens with zero attached hydrogens (tertiary/aromatic N) is 1. The normalized spacial score (nSPS) is 18.1. The smallest absolute Gasteiger partial charge is 0.308 e. The van der Waals surface area contributed by atoms with Gasteiger partial charge in [0.05, 0.1) is 19.6 Å². The van der Waals surface area contributed by atoms with E-state index in [1.54, 1.807) is 19.2 Å². The van der Waals surface area contributed by atoms with Crippen LogP contribution >= 0.6 is 0 Å². The lowest BCUT2D eigenvalue weighted by atomic mass is 10.1. The quantitative estimate of drug-likeness (QED) is 0.841. The topological polar surface area (TPSA) is 76.1 Å². The van der Waals surface area contributed by atoms with Crippen LogP contribution in [0.2, 0.25) is 0 Å². The molecule has 1 saturated heterocycles. The predicted molar refractivity (Wildman–Crippen MR) is 70.8 cm³/mol. The van der Waals surface area contributed by atoms with Gasteiger partial charge in [0.25, 0.3) is 0 Å². The molecule has 1 atom stereocenters. The fourth-order valence-corrected chi connectivity index (χ4v) is 2.16. The molecular weight excluding hydrogens is 262 g/mol. The van der Waals surface area contributed by atoms with Crippen LogP contribution in [-0.2, 0) is 9.59 Å². The molecule has 108 valence electrons. The van der Waals surface area contributed by atoms with Gasteiger partial charge in [-0.25, -0.2) is 0 Å². The monoisotopic (exact) mass is 279 g/mol. The number of rotatable bonds is 6. The minimum atomic E-state index is -0.925. The summed E-state index contributed by atoms with van der Waals surface area (Å²) in [6.45, 7) is 0.933. The lowest BCUT2D eigenvalue weighted by Crippen LogP contribution is -2.30. The van der Waals surface area contributed by atoms with Crippen LogP contribution in [0, 0.1) is 5.92 Å². The molecule has 0 aliphatic carbocycles. The fourth-order valence-electron chi connectivity index (χ4n) is 2.16. The summed E-state index contributed by atoms with van der Waals surface area (Å²) >= 11 is 0. The summed E-state index contributed by atoms with van der Waals surface area (Å²) in [6.07, 6.45) is 0.0734. The van der Waals surface area contributed by atoms with Crippen LogP contribution in [0.1, 0.15) is 6.42 Å². The lowest BCUT2D eigenvalue weighted by molar-refractivity contribution is -0.141. The number of hydrogen-bond donors (Lipinski definition) is 1. The molecule has 0 radical (unpaired) electrons. The molecule has 1 fully saturated rings. The molecule has 0 bridgehead atoms. The molecule has 6 nitrogen and oxygen atoms in total. The van der Waals surface area contributed by atoms with Crippen molar-refractivity contribution in [3.05, 3.63) is 24.3 Å². The Morgan fingerprint density at radius 3 is 2.70 bits per heavy atom. The zero-order valence-electron chi connectivity index (χ0n) is 11.2. The molecule has 1 N–H and O–H groups in total. The fraction of sp³-hybridized carbons (Fsp3) is 0.429. The minimum Gasteiger partial charge on any atom is -0.493 e. The van der Waals surface area contributed by atoms with Crippen molar-refractivity contribution in [1.82, 2.24) is 4.90 Å². The third-order valence-electron chi connectivity index (χ3n) is 3.25. The first-order chi connectivity index (χ1) is 9.61. The van der Waals surface area contributed by atoms with E-state index in [1.807, 2.05) is 12.1 Å². The maximum Gasteiger partial charge on any atom is 0.308 e. The third kappa shape index (κ3) is 3.20. The summed E-state index contributed by atoms with van der Waals surface area (Å²) in [5, 5.41) is 8.89. The molecule has 20 heavy (non-hydrogen) atoms. The van der Waals surface area contributed by atoms with Crippen molar-refractivity contribution in [3.8, 4) is 11.5 Å². The van der Waals surface area contributed by atoms with Crippen LogP contribution < -0.4 is 9.47 Å². The summed E-state index contributed by atoms with van der Waals surface area (Å²) < 4.78 is 10.7. The Morgan fingerprint density at radius 1 is 1.40 bits per heavy atom. The Morgan fingerprint density at radius 2 is 2.10 bits per heavy atom. The number of likely N-dealkylation sites (tertiary alicyclic amines) is 1. The molecule has 0 saturated carbocycles. The van der Waals surface area contributed by atoms with Gasteiger partial charge in [-0.3, -0.25) is 9.59 Å². The maximum atomic E-state index is 11.6. The molecule has 0 aromatic heterocycles. The first-order valence-corrected chi connectivity index (χ1v) is 6.38. The highest BCUT2D eigenvalue weighted by atomic mass is 16.5. The summed E-state index contributed by atoms with van der Waals surface area (Å²) in [6, 6.07) is 7.24. The first-order valence-electron chi connectivity index (χ1n) is 6.38. The number of carboxylic acids is 1. The van der Waals surface area contributed by atoms with Crippen molar-refractivity contribution in [2.45, 2.75) is 6.42 Å². The highest BCUT2D eigenvalue weighted by molar-refractivity contribution is 5.86. The van der Waals surface area contributed by atoms with Gasteiger partial charge < -0.3 is 19.5 Å². The molecule has 1 heterocycles. The van der Waals surface area contributed by atoms with Gasteiger partial charge in [0.15, 0.2) is 11.5 Å². The standard InChI is InChI=1S/C14H17NO5/c1-19-11-4-2-3-5-12(11)20-7-6-15-9-10(14(17)18)8-13(15)16/h2-5,10H,6-9H2,1H3,(H,17,18)/t10-/m1/s1. The van der Waals surface area contributed by atoms with Crippen LogP contribution in [0.15, 0.2) is 24.3 Å². The Balaban J connectivity index is 1.84. The lowest BCUT2D eigenvalue weighted by Gasteiger charge is -2.17. The van der Waals surface area contributed by atoms with Gasteiger partial charge in [0.1, 0.15) is 6.61 Å². The second-order valence-corrected chi connectivity index (χ2v) is 4.58. The molecular formula is C14H17NO5. The van der Waals surface area contributed by atoms with E-state index in [2.05, 4.69) is 0 Å². The Kier molecular flexibility index (Phi) is 4.45. The molecule has 1 aromatic carbocycles. The SMILES string of the molecule is COc1ccccc1OCCN1C[C@H](C(=O)O)CC1=O. The molecule has 2 rings (SSSR count). The first kappa shape index (κ1) is 14.2. The highest BCUT2D eigenvalue weighted by Gasteiger charge is 2.33. The zero-order chi connectivity index (χ0) is 14.5. The molecule has 1 aliphatic heterocycles. The summed E-state index contributed by atoms with van der Waals surface area (Å²) in [4.78, 5) is 24.0. The van der Waals surface area contributed by atoms with E-state index >= 15 is 0 Å². The van der Waals surface area contributed by atoms with Gasteiger partial charge in [-0.15, -0.1) is 0 Å². The van der Waals surface area contributed by atoms with Crippen molar-refractivity contribution < 1.29 is 24.2 Å². The number of carbonyl (C=O) groups excluding carboxylic acids is 1. The Labute approximate surface area is 116 Å². The van der Waals surface area contributed by atoms with Gasteiger partial charge in [-0.2, -0.15) is 0 Å². The van der Waals surface area contributed by atoms with E-state index in [0.717, 1.165) is 0 Å². The zero-order valence-corrected chi connectivity index (χ0v) is 11.2. The number of carbonyl (C=O) groups is 2. The number of para-hydroxylation sites is 2. The number of carboxylic acid groups (broad SMARTS) is 1.